The monoisotopic (exact) mass is 360 g/mol. The van der Waals surface area contributed by atoms with Gasteiger partial charge in [0, 0.05) is 24.7 Å². The molecule has 0 spiro atoms. The van der Waals surface area contributed by atoms with Crippen LogP contribution in [0.2, 0.25) is 0 Å². The van der Waals surface area contributed by atoms with E-state index in [1.807, 2.05) is 12.3 Å². The third kappa shape index (κ3) is 4.76. The number of ether oxygens (including phenoxy) is 1. The van der Waals surface area contributed by atoms with Gasteiger partial charge in [0.2, 0.25) is 5.88 Å². The van der Waals surface area contributed by atoms with Crippen molar-refractivity contribution in [3.63, 3.8) is 0 Å². The van der Waals surface area contributed by atoms with E-state index in [9.17, 15) is 4.79 Å². The van der Waals surface area contributed by atoms with Crippen molar-refractivity contribution >= 4 is 22.4 Å². The SMILES string of the molecule is CCOc1ncccc1C(=O)Nc1nc(CN2CCC[C@@H](C)C2)cs1. The van der Waals surface area contributed by atoms with E-state index in [1.165, 1.54) is 24.2 Å². The van der Waals surface area contributed by atoms with Crippen molar-refractivity contribution in [3.05, 3.63) is 35.0 Å². The van der Waals surface area contributed by atoms with Crippen molar-refractivity contribution < 1.29 is 9.53 Å². The quantitative estimate of drug-likeness (QED) is 0.855. The number of nitrogens with zero attached hydrogens (tertiary/aromatic N) is 3. The van der Waals surface area contributed by atoms with Gasteiger partial charge in [-0.2, -0.15) is 0 Å². The molecule has 1 saturated heterocycles. The summed E-state index contributed by atoms with van der Waals surface area (Å²) in [4.78, 5) is 23.6. The molecule has 1 aliphatic rings. The number of hydrogen-bond donors (Lipinski definition) is 1. The first-order valence-electron chi connectivity index (χ1n) is 8.71. The van der Waals surface area contributed by atoms with Gasteiger partial charge in [0.25, 0.3) is 5.91 Å². The van der Waals surface area contributed by atoms with Gasteiger partial charge in [0.15, 0.2) is 5.13 Å². The summed E-state index contributed by atoms with van der Waals surface area (Å²) in [6, 6.07) is 3.43. The molecular weight excluding hydrogens is 336 g/mol. The zero-order valence-corrected chi connectivity index (χ0v) is 15.5. The van der Waals surface area contributed by atoms with E-state index in [-0.39, 0.29) is 5.91 Å². The zero-order chi connectivity index (χ0) is 17.6. The second-order valence-corrected chi connectivity index (χ2v) is 7.23. The van der Waals surface area contributed by atoms with Crippen molar-refractivity contribution in [2.24, 2.45) is 5.92 Å². The molecule has 25 heavy (non-hydrogen) atoms. The number of pyridine rings is 1. The van der Waals surface area contributed by atoms with Crippen LogP contribution in [-0.2, 0) is 6.54 Å². The van der Waals surface area contributed by atoms with Crippen LogP contribution in [0.1, 0.15) is 42.7 Å². The summed E-state index contributed by atoms with van der Waals surface area (Å²) in [7, 11) is 0. The lowest BCUT2D eigenvalue weighted by molar-refractivity contribution is 0.102. The first-order chi connectivity index (χ1) is 12.2. The fraction of sp³-hybridized carbons (Fsp3) is 0.500. The lowest BCUT2D eigenvalue weighted by Crippen LogP contribution is -2.33. The summed E-state index contributed by atoms with van der Waals surface area (Å²) in [6.45, 7) is 7.71. The number of rotatable bonds is 6. The van der Waals surface area contributed by atoms with Gasteiger partial charge in [-0.05, 0) is 44.4 Å². The van der Waals surface area contributed by atoms with Gasteiger partial charge >= 0.3 is 0 Å². The predicted molar refractivity (Wildman–Crippen MR) is 99.1 cm³/mol. The van der Waals surface area contributed by atoms with Crippen LogP contribution in [-0.4, -0.2) is 40.5 Å². The second kappa shape index (κ2) is 8.40. The number of piperidine rings is 1. The standard InChI is InChI=1S/C18H24N4O2S/c1-3-24-17-15(7-4-8-19-17)16(23)21-18-20-14(12-25-18)11-22-9-5-6-13(2)10-22/h4,7-8,12-13H,3,5-6,9-11H2,1-2H3,(H,20,21,23)/t13-/m1/s1. The van der Waals surface area contributed by atoms with Gasteiger partial charge in [0.1, 0.15) is 5.56 Å². The highest BCUT2D eigenvalue weighted by Crippen LogP contribution is 2.22. The van der Waals surface area contributed by atoms with Gasteiger partial charge in [-0.25, -0.2) is 9.97 Å². The predicted octanol–water partition coefficient (Wildman–Crippen LogP) is 3.42. The van der Waals surface area contributed by atoms with Crippen molar-refractivity contribution in [3.8, 4) is 5.88 Å². The number of carbonyl (C=O) groups is 1. The van der Waals surface area contributed by atoms with Gasteiger partial charge in [0.05, 0.1) is 12.3 Å². The lowest BCUT2D eigenvalue weighted by atomic mass is 10.0. The minimum Gasteiger partial charge on any atom is -0.477 e. The van der Waals surface area contributed by atoms with E-state index in [4.69, 9.17) is 4.74 Å². The van der Waals surface area contributed by atoms with Crippen molar-refractivity contribution in [1.82, 2.24) is 14.9 Å². The third-order valence-electron chi connectivity index (χ3n) is 4.20. The zero-order valence-electron chi connectivity index (χ0n) is 14.7. The summed E-state index contributed by atoms with van der Waals surface area (Å²) in [5, 5.41) is 5.48. The Hall–Kier alpha value is -1.99. The van der Waals surface area contributed by atoms with Gasteiger partial charge in [-0.1, -0.05) is 6.92 Å². The first-order valence-corrected chi connectivity index (χ1v) is 9.59. The average Bonchev–Trinajstić information content (AvgIpc) is 3.02. The Morgan fingerprint density at radius 3 is 3.20 bits per heavy atom. The van der Waals surface area contributed by atoms with Crippen molar-refractivity contribution in [1.29, 1.82) is 0 Å². The first kappa shape index (κ1) is 17.8. The molecule has 0 unspecified atom stereocenters. The van der Waals surface area contributed by atoms with Crippen LogP contribution in [0.5, 0.6) is 5.88 Å². The van der Waals surface area contributed by atoms with Crippen LogP contribution in [0.3, 0.4) is 0 Å². The number of carbonyl (C=O) groups excluding carboxylic acids is 1. The summed E-state index contributed by atoms with van der Waals surface area (Å²) in [5.41, 5.74) is 1.43. The smallest absolute Gasteiger partial charge is 0.262 e. The molecule has 1 amide bonds. The number of thiazole rings is 1. The maximum atomic E-state index is 12.5. The molecule has 0 bridgehead atoms. The molecule has 1 fully saturated rings. The number of amides is 1. The van der Waals surface area contributed by atoms with Crippen LogP contribution in [0.25, 0.3) is 0 Å². The molecule has 7 heteroatoms. The third-order valence-corrected chi connectivity index (χ3v) is 5.00. The normalized spacial score (nSPS) is 18.1. The molecule has 0 radical (unpaired) electrons. The van der Waals surface area contributed by atoms with E-state index in [0.29, 0.717) is 23.2 Å². The molecule has 0 saturated carbocycles. The second-order valence-electron chi connectivity index (χ2n) is 6.37. The fourth-order valence-corrected chi connectivity index (χ4v) is 3.77. The Morgan fingerprint density at radius 2 is 2.40 bits per heavy atom. The maximum Gasteiger partial charge on any atom is 0.262 e. The Bertz CT molecular complexity index is 719. The summed E-state index contributed by atoms with van der Waals surface area (Å²) < 4.78 is 5.42. The van der Waals surface area contributed by atoms with Crippen LogP contribution in [0.4, 0.5) is 5.13 Å². The Morgan fingerprint density at radius 1 is 1.52 bits per heavy atom. The van der Waals surface area contributed by atoms with Crippen LogP contribution < -0.4 is 10.1 Å². The average molecular weight is 360 g/mol. The van der Waals surface area contributed by atoms with Crippen LogP contribution in [0, 0.1) is 5.92 Å². The molecule has 1 atom stereocenters. The molecule has 1 aliphatic heterocycles. The number of nitrogens with one attached hydrogen (secondary N) is 1. The molecule has 3 rings (SSSR count). The summed E-state index contributed by atoms with van der Waals surface area (Å²) in [6.07, 6.45) is 4.17. The van der Waals surface area contributed by atoms with E-state index in [2.05, 4.69) is 27.1 Å². The Balaban J connectivity index is 1.62. The highest BCUT2D eigenvalue weighted by molar-refractivity contribution is 7.14. The van der Waals surface area contributed by atoms with E-state index >= 15 is 0 Å². The largest absolute Gasteiger partial charge is 0.477 e. The number of aromatic nitrogens is 2. The van der Waals surface area contributed by atoms with Crippen molar-refractivity contribution in [2.75, 3.05) is 25.0 Å². The number of hydrogen-bond acceptors (Lipinski definition) is 6. The fourth-order valence-electron chi connectivity index (χ4n) is 3.08. The minimum absolute atomic E-state index is 0.246. The maximum absolute atomic E-state index is 12.5. The Labute approximate surface area is 152 Å². The minimum atomic E-state index is -0.246. The summed E-state index contributed by atoms with van der Waals surface area (Å²) in [5.74, 6) is 0.847. The van der Waals surface area contributed by atoms with E-state index in [0.717, 1.165) is 31.2 Å². The molecule has 2 aromatic heterocycles. The number of likely N-dealkylation sites (tertiary alicyclic amines) is 1. The van der Waals surface area contributed by atoms with Gasteiger partial charge < -0.3 is 4.74 Å². The molecule has 2 aromatic rings. The molecular formula is C18H24N4O2S. The van der Waals surface area contributed by atoms with Crippen LogP contribution in [0.15, 0.2) is 23.7 Å². The van der Waals surface area contributed by atoms with E-state index < -0.39 is 0 Å². The Kier molecular flexibility index (Phi) is 5.99. The highest BCUT2D eigenvalue weighted by Gasteiger charge is 2.18. The molecule has 134 valence electrons. The molecule has 1 N–H and O–H groups in total. The van der Waals surface area contributed by atoms with Gasteiger partial charge in [-0.3, -0.25) is 15.0 Å². The highest BCUT2D eigenvalue weighted by atomic mass is 32.1. The topological polar surface area (TPSA) is 67.3 Å². The molecule has 3 heterocycles. The number of anilines is 1. The molecule has 0 aromatic carbocycles. The van der Waals surface area contributed by atoms with E-state index in [1.54, 1.807) is 18.3 Å². The molecule has 0 aliphatic carbocycles. The van der Waals surface area contributed by atoms with Crippen molar-refractivity contribution in [2.45, 2.75) is 33.2 Å². The van der Waals surface area contributed by atoms with Gasteiger partial charge in [-0.15, -0.1) is 11.3 Å². The van der Waals surface area contributed by atoms with Crippen LogP contribution >= 0.6 is 11.3 Å². The molecule has 6 nitrogen and oxygen atoms in total. The summed E-state index contributed by atoms with van der Waals surface area (Å²) >= 11 is 1.45. The lowest BCUT2D eigenvalue weighted by Gasteiger charge is -2.30.